The number of fused-ring (bicyclic) bond motifs is 1. The van der Waals surface area contributed by atoms with Crippen LogP contribution in [0.3, 0.4) is 0 Å². The third-order valence-corrected chi connectivity index (χ3v) is 6.56. The number of amides is 1. The van der Waals surface area contributed by atoms with Gasteiger partial charge in [-0.25, -0.2) is 4.52 Å². The second-order valence-electron chi connectivity index (χ2n) is 8.04. The minimum atomic E-state index is -9.92. The molecule has 0 bridgehead atoms. The van der Waals surface area contributed by atoms with Gasteiger partial charge in [-0.1, -0.05) is 31.6 Å². The molecule has 186 valence electrons. The first kappa shape index (κ1) is 23.5. The summed E-state index contributed by atoms with van der Waals surface area (Å²) >= 11 is 0. The number of halogens is 5. The van der Waals surface area contributed by atoms with Gasteiger partial charge in [0.15, 0.2) is 0 Å². The molecule has 0 radical (unpaired) electrons. The lowest BCUT2D eigenvalue weighted by Gasteiger charge is -2.40. The van der Waals surface area contributed by atoms with Crippen molar-refractivity contribution in [3.8, 4) is 17.1 Å². The minimum Gasteiger partial charge on any atom is -0.322 e. The van der Waals surface area contributed by atoms with Gasteiger partial charge in [0.05, 0.1) is 11.9 Å². The standard InChI is InChI=1S/C23H17F5N6OS/c1-15-5-6-17(31-23(35)16-3-2-4-18(11-16)36(24,25,26,27)28)12-21(15)33-9-10-34-22(33)13-19(32-34)20-14-29-7-8-30-20/h2-14H,1H3,(H,31,35). The van der Waals surface area contributed by atoms with E-state index in [0.29, 0.717) is 22.7 Å². The first-order chi connectivity index (χ1) is 16.8. The highest BCUT2D eigenvalue weighted by Crippen LogP contribution is 3.02. The number of aromatic nitrogens is 5. The zero-order valence-corrected chi connectivity index (χ0v) is 19.3. The second kappa shape index (κ2) is 7.37. The highest BCUT2D eigenvalue weighted by molar-refractivity contribution is 8.45. The topological polar surface area (TPSA) is 77.1 Å². The van der Waals surface area contributed by atoms with Crippen LogP contribution in [0.4, 0.5) is 25.1 Å². The summed E-state index contributed by atoms with van der Waals surface area (Å²) in [5.74, 6) is -0.958. The van der Waals surface area contributed by atoms with Crippen molar-refractivity contribution in [3.05, 3.63) is 90.6 Å². The average molecular weight is 520 g/mol. The van der Waals surface area contributed by atoms with Crippen molar-refractivity contribution in [2.24, 2.45) is 0 Å². The molecule has 0 spiro atoms. The molecule has 3 heterocycles. The molecule has 0 aliphatic rings. The highest BCUT2D eigenvalue weighted by Gasteiger charge is 2.65. The molecule has 0 fully saturated rings. The van der Waals surface area contributed by atoms with Crippen molar-refractivity contribution >= 4 is 27.5 Å². The summed E-state index contributed by atoms with van der Waals surface area (Å²) in [6.45, 7) is 1.84. The van der Waals surface area contributed by atoms with Gasteiger partial charge in [-0.3, -0.25) is 19.3 Å². The smallest absolute Gasteiger partial charge is 0.310 e. The summed E-state index contributed by atoms with van der Waals surface area (Å²) in [5.41, 5.74) is 3.07. The predicted octanol–water partition coefficient (Wildman–Crippen LogP) is 6.80. The van der Waals surface area contributed by atoms with Gasteiger partial charge < -0.3 is 5.32 Å². The Balaban J connectivity index is 1.47. The molecule has 2 aromatic carbocycles. The maximum absolute atomic E-state index is 13.2. The van der Waals surface area contributed by atoms with Gasteiger partial charge in [0, 0.05) is 42.1 Å². The predicted molar refractivity (Wildman–Crippen MR) is 126 cm³/mol. The van der Waals surface area contributed by atoms with Crippen molar-refractivity contribution in [3.63, 3.8) is 0 Å². The van der Waals surface area contributed by atoms with Crippen molar-refractivity contribution < 1.29 is 24.2 Å². The van der Waals surface area contributed by atoms with Crippen LogP contribution in [0.2, 0.25) is 0 Å². The number of carbonyl (C=O) groups is 1. The highest BCUT2D eigenvalue weighted by atomic mass is 32.5. The summed E-state index contributed by atoms with van der Waals surface area (Å²) in [6, 6.07) is 8.92. The number of nitrogens with zero attached hydrogens (tertiary/aromatic N) is 5. The van der Waals surface area contributed by atoms with Crippen LogP contribution in [0.25, 0.3) is 22.7 Å². The molecule has 3 aromatic heterocycles. The molecule has 0 aliphatic heterocycles. The van der Waals surface area contributed by atoms with Crippen LogP contribution in [0, 0.1) is 6.92 Å². The van der Waals surface area contributed by atoms with Crippen LogP contribution in [0.15, 0.2) is 84.4 Å². The van der Waals surface area contributed by atoms with Crippen LogP contribution in [-0.2, 0) is 0 Å². The molecule has 0 saturated heterocycles. The molecule has 0 saturated carbocycles. The Morgan fingerprint density at radius 3 is 2.47 bits per heavy atom. The first-order valence-electron chi connectivity index (χ1n) is 10.4. The third kappa shape index (κ3) is 4.52. The van der Waals surface area contributed by atoms with Crippen LogP contribution in [0.5, 0.6) is 0 Å². The Bertz CT molecular complexity index is 1630. The first-order valence-corrected chi connectivity index (χ1v) is 12.3. The molecule has 5 aromatic rings. The summed E-state index contributed by atoms with van der Waals surface area (Å²) < 4.78 is 69.3. The maximum atomic E-state index is 13.2. The van der Waals surface area contributed by atoms with E-state index in [1.165, 1.54) is 0 Å². The molecule has 5 rings (SSSR count). The fraction of sp³-hybridized carbons (Fsp3) is 0.0435. The Morgan fingerprint density at radius 2 is 1.75 bits per heavy atom. The van der Waals surface area contributed by atoms with Gasteiger partial charge in [0.2, 0.25) is 0 Å². The largest absolute Gasteiger partial charge is 0.322 e. The number of benzene rings is 2. The Labute approximate surface area is 201 Å². The third-order valence-electron chi connectivity index (χ3n) is 5.41. The van der Waals surface area contributed by atoms with Gasteiger partial charge >= 0.3 is 10.2 Å². The van der Waals surface area contributed by atoms with Gasteiger partial charge in [0.25, 0.3) is 5.91 Å². The molecule has 1 N–H and O–H groups in total. The van der Waals surface area contributed by atoms with Crippen molar-refractivity contribution in [2.45, 2.75) is 11.8 Å². The Morgan fingerprint density at radius 1 is 0.944 bits per heavy atom. The maximum Gasteiger partial charge on any atom is 0.310 e. The second-order valence-corrected chi connectivity index (χ2v) is 10.5. The fourth-order valence-corrected chi connectivity index (χ4v) is 4.35. The van der Waals surface area contributed by atoms with E-state index in [9.17, 15) is 24.2 Å². The molecule has 0 aliphatic carbocycles. The SMILES string of the molecule is Cc1ccc(NC(=O)c2cccc(S(F)(F)(F)(F)F)c2)cc1-n1ccn2nc(-c3cnccn3)cc12. The van der Waals surface area contributed by atoms with Crippen LogP contribution >= 0.6 is 10.2 Å². The summed E-state index contributed by atoms with van der Waals surface area (Å²) in [7, 11) is -9.92. The van der Waals surface area contributed by atoms with E-state index in [1.54, 1.807) is 59.8 Å². The van der Waals surface area contributed by atoms with E-state index in [1.807, 2.05) is 11.5 Å². The molecule has 1 amide bonds. The Hall–Kier alpha value is -4.26. The zero-order chi connectivity index (χ0) is 25.8. The van der Waals surface area contributed by atoms with Crippen molar-refractivity contribution in [1.82, 2.24) is 24.1 Å². The average Bonchev–Trinajstić information content (AvgIpc) is 3.41. The summed E-state index contributed by atoms with van der Waals surface area (Å²) in [5, 5.41) is 6.96. The molecular formula is C23H17F5N6OS. The van der Waals surface area contributed by atoms with E-state index < -0.39 is 26.6 Å². The number of hydrogen-bond acceptors (Lipinski definition) is 4. The van der Waals surface area contributed by atoms with E-state index >= 15 is 0 Å². The Kier molecular flexibility index (Phi) is 4.81. The molecule has 13 heteroatoms. The van der Waals surface area contributed by atoms with E-state index in [0.717, 1.165) is 17.7 Å². The molecule has 7 nitrogen and oxygen atoms in total. The van der Waals surface area contributed by atoms with E-state index in [-0.39, 0.29) is 17.8 Å². The van der Waals surface area contributed by atoms with Gasteiger partial charge in [-0.2, -0.15) is 5.10 Å². The molecule has 0 unspecified atom stereocenters. The fourth-order valence-electron chi connectivity index (χ4n) is 3.67. The summed E-state index contributed by atoms with van der Waals surface area (Å²) in [6.07, 6.45) is 8.17. The molecule has 36 heavy (non-hydrogen) atoms. The van der Waals surface area contributed by atoms with Crippen molar-refractivity contribution in [2.75, 3.05) is 5.32 Å². The van der Waals surface area contributed by atoms with E-state index in [2.05, 4.69) is 20.4 Å². The number of anilines is 1. The van der Waals surface area contributed by atoms with Gasteiger partial charge in [0.1, 0.15) is 21.9 Å². The monoisotopic (exact) mass is 520 g/mol. The number of carbonyl (C=O) groups excluding carboxylic acids is 1. The minimum absolute atomic E-state index is 0.155. The number of nitrogens with one attached hydrogen (secondary N) is 1. The number of aryl methyl sites for hydroxylation is 1. The lowest BCUT2D eigenvalue weighted by molar-refractivity contribution is 0.102. The molecule has 0 atom stereocenters. The van der Waals surface area contributed by atoms with E-state index in [4.69, 9.17) is 0 Å². The quantitative estimate of drug-likeness (QED) is 0.259. The van der Waals surface area contributed by atoms with Crippen LogP contribution in [-0.4, -0.2) is 30.1 Å². The number of rotatable bonds is 5. The summed E-state index contributed by atoms with van der Waals surface area (Å²) in [4.78, 5) is 18.8. The van der Waals surface area contributed by atoms with Gasteiger partial charge in [-0.05, 0) is 42.8 Å². The lowest BCUT2D eigenvalue weighted by atomic mass is 10.1. The van der Waals surface area contributed by atoms with Crippen LogP contribution in [0.1, 0.15) is 15.9 Å². The number of hydrogen-bond donors (Lipinski definition) is 1. The molecular weight excluding hydrogens is 503 g/mol. The normalized spacial score (nSPS) is 13.8. The van der Waals surface area contributed by atoms with Crippen LogP contribution < -0.4 is 5.32 Å². The lowest BCUT2D eigenvalue weighted by Crippen LogP contribution is -2.14. The zero-order valence-electron chi connectivity index (χ0n) is 18.4. The van der Waals surface area contributed by atoms with Gasteiger partial charge in [-0.15, -0.1) is 0 Å². The van der Waals surface area contributed by atoms with Crippen molar-refractivity contribution in [1.29, 1.82) is 0 Å². The number of imidazole rings is 1.